The Morgan fingerprint density at radius 2 is 1.89 bits per heavy atom. The molecule has 0 aliphatic carbocycles. The lowest BCUT2D eigenvalue weighted by Gasteiger charge is -2.24. The molecule has 1 aromatic carbocycles. The molecule has 0 saturated carbocycles. The van der Waals surface area contributed by atoms with E-state index in [1.54, 1.807) is 11.8 Å². The second-order valence-corrected chi connectivity index (χ2v) is 6.21. The van der Waals surface area contributed by atoms with Gasteiger partial charge in [0.25, 0.3) is 0 Å². The van der Waals surface area contributed by atoms with Crippen molar-refractivity contribution in [1.82, 2.24) is 0 Å². The molecule has 0 aromatic heterocycles. The number of terminal acetylenes is 1. The van der Waals surface area contributed by atoms with Crippen molar-refractivity contribution in [2.75, 3.05) is 6.54 Å². The van der Waals surface area contributed by atoms with E-state index in [4.69, 9.17) is 6.42 Å². The number of hydrogen-bond acceptors (Lipinski definition) is 2. The van der Waals surface area contributed by atoms with Crippen molar-refractivity contribution >= 4 is 16.8 Å². The van der Waals surface area contributed by atoms with E-state index in [0.717, 1.165) is 22.7 Å². The van der Waals surface area contributed by atoms with Crippen LogP contribution in [0.25, 0.3) is 0 Å². The summed E-state index contributed by atoms with van der Waals surface area (Å²) < 4.78 is 0. The Labute approximate surface area is 113 Å². The van der Waals surface area contributed by atoms with Gasteiger partial charge in [-0.15, -0.1) is 6.42 Å². The van der Waals surface area contributed by atoms with Crippen molar-refractivity contribution in [2.24, 2.45) is 10.4 Å². The average Bonchev–Trinajstić information content (AvgIpc) is 2.38. The number of nitrogens with zero attached hydrogens (tertiary/aromatic N) is 1. The van der Waals surface area contributed by atoms with Crippen LogP contribution in [0.3, 0.4) is 0 Å². The third kappa shape index (κ3) is 2.86. The number of aliphatic imine (C=N–C) groups is 1. The molecule has 0 amide bonds. The Kier molecular flexibility index (Phi) is 3.63. The SMILES string of the molecule is C#Cc1ccc(C2=NCC(C(C)(C)C)=CS2)cc1. The minimum Gasteiger partial charge on any atom is -0.273 e. The Morgan fingerprint density at radius 3 is 2.33 bits per heavy atom. The second kappa shape index (κ2) is 5.04. The van der Waals surface area contributed by atoms with Crippen molar-refractivity contribution in [3.63, 3.8) is 0 Å². The molecule has 0 atom stereocenters. The van der Waals surface area contributed by atoms with Crippen molar-refractivity contribution in [3.8, 4) is 12.3 Å². The van der Waals surface area contributed by atoms with E-state index >= 15 is 0 Å². The number of thioether (sulfide) groups is 1. The van der Waals surface area contributed by atoms with Crippen LogP contribution in [0.2, 0.25) is 0 Å². The fraction of sp³-hybridized carbons (Fsp3) is 0.312. The summed E-state index contributed by atoms with van der Waals surface area (Å²) in [5.41, 5.74) is 3.64. The average molecular weight is 255 g/mol. The van der Waals surface area contributed by atoms with Gasteiger partial charge in [0, 0.05) is 11.1 Å². The van der Waals surface area contributed by atoms with Crippen molar-refractivity contribution in [3.05, 3.63) is 46.4 Å². The number of rotatable bonds is 1. The summed E-state index contributed by atoms with van der Waals surface area (Å²) in [5.74, 6) is 2.63. The maximum absolute atomic E-state index is 5.35. The van der Waals surface area contributed by atoms with Crippen molar-refractivity contribution in [1.29, 1.82) is 0 Å². The van der Waals surface area contributed by atoms with E-state index in [2.05, 4.69) is 37.1 Å². The molecule has 0 N–H and O–H groups in total. The highest BCUT2D eigenvalue weighted by Crippen LogP contribution is 2.32. The van der Waals surface area contributed by atoms with Crippen LogP contribution >= 0.6 is 11.8 Å². The molecule has 0 radical (unpaired) electrons. The van der Waals surface area contributed by atoms with Crippen LogP contribution in [0.5, 0.6) is 0 Å². The van der Waals surface area contributed by atoms with Gasteiger partial charge in [0.05, 0.1) is 6.54 Å². The molecule has 1 aliphatic rings. The Hall–Kier alpha value is -1.46. The normalized spacial score (nSPS) is 15.7. The molecule has 0 bridgehead atoms. The van der Waals surface area contributed by atoms with Crippen LogP contribution < -0.4 is 0 Å². The molecule has 0 spiro atoms. The molecule has 1 aliphatic heterocycles. The largest absolute Gasteiger partial charge is 0.273 e. The first-order chi connectivity index (χ1) is 8.50. The predicted octanol–water partition coefficient (Wildman–Crippen LogP) is 4.09. The fourth-order valence-electron chi connectivity index (χ4n) is 1.64. The zero-order chi connectivity index (χ0) is 13.2. The zero-order valence-corrected chi connectivity index (χ0v) is 11.8. The van der Waals surface area contributed by atoms with E-state index < -0.39 is 0 Å². The van der Waals surface area contributed by atoms with Gasteiger partial charge in [-0.1, -0.05) is 50.6 Å². The van der Waals surface area contributed by atoms with E-state index in [9.17, 15) is 0 Å². The molecular formula is C16H17NS. The molecule has 92 valence electrons. The molecule has 1 heterocycles. The predicted molar refractivity (Wildman–Crippen MR) is 80.9 cm³/mol. The van der Waals surface area contributed by atoms with Gasteiger partial charge in [-0.3, -0.25) is 4.99 Å². The first-order valence-electron chi connectivity index (χ1n) is 5.98. The van der Waals surface area contributed by atoms with Crippen LogP contribution in [0, 0.1) is 17.8 Å². The molecular weight excluding hydrogens is 238 g/mol. The molecule has 1 aromatic rings. The van der Waals surface area contributed by atoms with Crippen molar-refractivity contribution < 1.29 is 0 Å². The maximum atomic E-state index is 5.35. The lowest BCUT2D eigenvalue weighted by molar-refractivity contribution is 0.496. The Morgan fingerprint density at radius 1 is 1.22 bits per heavy atom. The minimum atomic E-state index is 0.204. The smallest absolute Gasteiger partial charge is 0.102 e. The van der Waals surface area contributed by atoms with Crippen LogP contribution in [0.15, 0.2) is 40.2 Å². The van der Waals surface area contributed by atoms with Gasteiger partial charge in [0.1, 0.15) is 5.04 Å². The first kappa shape index (κ1) is 13.0. The third-order valence-electron chi connectivity index (χ3n) is 2.97. The van der Waals surface area contributed by atoms with Crippen LogP contribution in [0.4, 0.5) is 0 Å². The van der Waals surface area contributed by atoms with E-state index in [1.807, 2.05) is 24.3 Å². The van der Waals surface area contributed by atoms with E-state index in [1.165, 1.54) is 5.57 Å². The van der Waals surface area contributed by atoms with Crippen LogP contribution in [-0.4, -0.2) is 11.6 Å². The van der Waals surface area contributed by atoms with Gasteiger partial charge < -0.3 is 0 Å². The summed E-state index contributed by atoms with van der Waals surface area (Å²) in [4.78, 5) is 4.66. The summed E-state index contributed by atoms with van der Waals surface area (Å²) in [7, 11) is 0. The fourth-order valence-corrected chi connectivity index (χ4v) is 2.73. The lowest BCUT2D eigenvalue weighted by Crippen LogP contribution is -2.15. The second-order valence-electron chi connectivity index (χ2n) is 5.35. The van der Waals surface area contributed by atoms with Gasteiger partial charge in [0.2, 0.25) is 0 Å². The highest BCUT2D eigenvalue weighted by Gasteiger charge is 2.20. The molecule has 18 heavy (non-hydrogen) atoms. The van der Waals surface area contributed by atoms with Gasteiger partial charge in [-0.25, -0.2) is 0 Å². The molecule has 1 nitrogen and oxygen atoms in total. The lowest BCUT2D eigenvalue weighted by atomic mass is 9.87. The summed E-state index contributed by atoms with van der Waals surface area (Å²) >= 11 is 1.70. The molecule has 0 saturated heterocycles. The monoisotopic (exact) mass is 255 g/mol. The Bertz CT molecular complexity index is 536. The van der Waals surface area contributed by atoms with Crippen molar-refractivity contribution in [2.45, 2.75) is 20.8 Å². The summed E-state index contributed by atoms with van der Waals surface area (Å²) in [6.45, 7) is 7.47. The number of hydrogen-bond donors (Lipinski definition) is 0. The first-order valence-corrected chi connectivity index (χ1v) is 6.86. The van der Waals surface area contributed by atoms with E-state index in [0.29, 0.717) is 0 Å². The highest BCUT2D eigenvalue weighted by molar-refractivity contribution is 8.17. The molecule has 0 fully saturated rings. The summed E-state index contributed by atoms with van der Waals surface area (Å²) in [6, 6.07) is 8.00. The van der Waals surface area contributed by atoms with Gasteiger partial charge >= 0.3 is 0 Å². The van der Waals surface area contributed by atoms with Crippen LogP contribution in [-0.2, 0) is 0 Å². The quantitative estimate of drug-likeness (QED) is 0.688. The standard InChI is InChI=1S/C16H17NS/c1-5-12-6-8-13(9-7-12)15-17-10-14(11-18-15)16(2,3)4/h1,6-9,11H,10H2,2-4H3. The number of benzene rings is 1. The topological polar surface area (TPSA) is 12.4 Å². The van der Waals surface area contributed by atoms with E-state index in [-0.39, 0.29) is 5.41 Å². The van der Waals surface area contributed by atoms with Gasteiger partial charge in [-0.2, -0.15) is 0 Å². The molecule has 2 rings (SSSR count). The maximum Gasteiger partial charge on any atom is 0.102 e. The van der Waals surface area contributed by atoms with Gasteiger partial charge in [-0.05, 0) is 28.5 Å². The molecule has 2 heteroatoms. The summed E-state index contributed by atoms with van der Waals surface area (Å²) in [6.07, 6.45) is 5.35. The van der Waals surface area contributed by atoms with Gasteiger partial charge in [0.15, 0.2) is 0 Å². The highest BCUT2D eigenvalue weighted by atomic mass is 32.2. The third-order valence-corrected chi connectivity index (χ3v) is 3.96. The Balaban J connectivity index is 2.14. The van der Waals surface area contributed by atoms with Crippen LogP contribution in [0.1, 0.15) is 31.9 Å². The minimum absolute atomic E-state index is 0.204. The molecule has 0 unspecified atom stereocenters. The zero-order valence-electron chi connectivity index (χ0n) is 11.0. The summed E-state index contributed by atoms with van der Waals surface area (Å²) in [5, 5.41) is 3.31.